The van der Waals surface area contributed by atoms with Crippen LogP contribution in [0.1, 0.15) is 0 Å². The van der Waals surface area contributed by atoms with Crippen LogP contribution in [0, 0.1) is 5.82 Å². The normalized spacial score (nSPS) is 9.59. The maximum absolute atomic E-state index is 13.9. The van der Waals surface area contributed by atoms with Gasteiger partial charge in [-0.2, -0.15) is 4.68 Å². The first-order chi connectivity index (χ1) is 7.77. The predicted octanol–water partition coefficient (Wildman–Crippen LogP) is 1.27. The van der Waals surface area contributed by atoms with Crippen molar-refractivity contribution in [3.05, 3.63) is 24.3 Å². The van der Waals surface area contributed by atoms with Gasteiger partial charge in [0.15, 0.2) is 11.6 Å². The molecule has 1 aromatic heterocycles. The number of hydrogen-bond acceptors (Lipinski definition) is 5. The highest BCUT2D eigenvalue weighted by Gasteiger charge is 2.14. The number of methoxy groups -OCH3 is 1. The van der Waals surface area contributed by atoms with Crippen molar-refractivity contribution < 1.29 is 9.13 Å². The Labute approximate surface area is 103 Å². The van der Waals surface area contributed by atoms with E-state index in [1.54, 1.807) is 13.1 Å². The van der Waals surface area contributed by atoms with E-state index in [1.165, 1.54) is 24.2 Å². The molecule has 0 radical (unpaired) electrons. The van der Waals surface area contributed by atoms with Gasteiger partial charge in [0.1, 0.15) is 12.0 Å². The van der Waals surface area contributed by atoms with Crippen LogP contribution in [-0.2, 0) is 0 Å². The lowest BCUT2D eigenvalue weighted by atomic mass is 10.2. The fraction of sp³-hybridized carbons (Fsp3) is 0.222. The molecule has 2 aromatic rings. The summed E-state index contributed by atoms with van der Waals surface area (Å²) in [4.78, 5) is 0. The lowest BCUT2D eigenvalue weighted by Gasteiger charge is -2.11. The fourth-order valence-corrected chi connectivity index (χ4v) is 1.40. The van der Waals surface area contributed by atoms with Crippen LogP contribution in [0.5, 0.6) is 5.75 Å². The van der Waals surface area contributed by atoms with E-state index in [0.29, 0.717) is 5.69 Å². The van der Waals surface area contributed by atoms with Gasteiger partial charge in [0, 0.05) is 7.05 Å². The second-order valence-electron chi connectivity index (χ2n) is 2.98. The summed E-state index contributed by atoms with van der Waals surface area (Å²) in [6.07, 6.45) is 1.39. The van der Waals surface area contributed by atoms with Gasteiger partial charge >= 0.3 is 0 Å². The lowest BCUT2D eigenvalue weighted by molar-refractivity contribution is 0.387. The van der Waals surface area contributed by atoms with Crippen molar-refractivity contribution in [3.63, 3.8) is 0 Å². The Kier molecular flexibility index (Phi) is 4.22. The third-order valence-corrected chi connectivity index (χ3v) is 2.15. The first kappa shape index (κ1) is 13.2. The third-order valence-electron chi connectivity index (χ3n) is 2.15. The van der Waals surface area contributed by atoms with Crippen molar-refractivity contribution in [2.24, 2.45) is 0 Å². The molecule has 0 aliphatic heterocycles. The van der Waals surface area contributed by atoms with Crippen molar-refractivity contribution in [1.29, 1.82) is 0 Å². The highest BCUT2D eigenvalue weighted by molar-refractivity contribution is 5.85. The second-order valence-corrected chi connectivity index (χ2v) is 2.98. The molecular weight excluding hydrogens is 249 g/mol. The summed E-state index contributed by atoms with van der Waals surface area (Å²) >= 11 is 0. The molecule has 8 heteroatoms. The van der Waals surface area contributed by atoms with Gasteiger partial charge in [0.2, 0.25) is 0 Å². The number of benzene rings is 1. The van der Waals surface area contributed by atoms with Crippen LogP contribution < -0.4 is 10.1 Å². The lowest BCUT2D eigenvalue weighted by Crippen LogP contribution is -2.04. The number of nitrogens with zero attached hydrogens (tertiary/aromatic N) is 4. The van der Waals surface area contributed by atoms with Crippen molar-refractivity contribution in [2.45, 2.75) is 0 Å². The van der Waals surface area contributed by atoms with Crippen LogP contribution in [-0.4, -0.2) is 34.4 Å². The zero-order valence-corrected chi connectivity index (χ0v) is 10.0. The molecule has 0 aliphatic carbocycles. The largest absolute Gasteiger partial charge is 0.494 e. The first-order valence-electron chi connectivity index (χ1n) is 4.55. The Morgan fingerprint density at radius 2 is 2.18 bits per heavy atom. The van der Waals surface area contributed by atoms with E-state index in [0.717, 1.165) is 0 Å². The summed E-state index contributed by atoms with van der Waals surface area (Å²) in [6.45, 7) is 0. The molecule has 0 atom stereocenters. The van der Waals surface area contributed by atoms with Crippen LogP contribution in [0.15, 0.2) is 18.5 Å². The molecule has 17 heavy (non-hydrogen) atoms. The zero-order chi connectivity index (χ0) is 11.5. The molecule has 1 heterocycles. The number of hydrogen-bond donors (Lipinski definition) is 1. The molecule has 0 bridgehead atoms. The van der Waals surface area contributed by atoms with E-state index in [4.69, 9.17) is 4.74 Å². The highest BCUT2D eigenvalue weighted by Crippen LogP contribution is 2.29. The molecule has 0 fully saturated rings. The number of halogens is 2. The molecule has 2 rings (SSSR count). The van der Waals surface area contributed by atoms with Crippen LogP contribution in [0.25, 0.3) is 5.69 Å². The topological polar surface area (TPSA) is 64.9 Å². The predicted molar refractivity (Wildman–Crippen MR) is 62.5 cm³/mol. The average Bonchev–Trinajstić information content (AvgIpc) is 2.82. The minimum Gasteiger partial charge on any atom is -0.494 e. The fourth-order valence-electron chi connectivity index (χ4n) is 1.40. The maximum Gasteiger partial charge on any atom is 0.190 e. The van der Waals surface area contributed by atoms with Crippen LogP contribution in [0.4, 0.5) is 10.1 Å². The zero-order valence-electron chi connectivity index (χ0n) is 9.22. The van der Waals surface area contributed by atoms with E-state index in [-0.39, 0.29) is 23.8 Å². The van der Waals surface area contributed by atoms with Gasteiger partial charge in [-0.05, 0) is 22.6 Å². The molecule has 0 amide bonds. The molecule has 0 unspecified atom stereocenters. The van der Waals surface area contributed by atoms with Gasteiger partial charge < -0.3 is 10.1 Å². The molecule has 1 N–H and O–H groups in total. The van der Waals surface area contributed by atoms with Crippen molar-refractivity contribution >= 4 is 18.1 Å². The Balaban J connectivity index is 0.00000144. The quantitative estimate of drug-likeness (QED) is 0.899. The summed E-state index contributed by atoms with van der Waals surface area (Å²) in [5.41, 5.74) is 0.803. The monoisotopic (exact) mass is 259 g/mol. The summed E-state index contributed by atoms with van der Waals surface area (Å²) in [5.74, 6) is -0.306. The summed E-state index contributed by atoms with van der Waals surface area (Å²) < 4.78 is 20.1. The van der Waals surface area contributed by atoms with Gasteiger partial charge in [-0.1, -0.05) is 0 Å². The Bertz CT molecular complexity index is 490. The van der Waals surface area contributed by atoms with Gasteiger partial charge in [-0.15, -0.1) is 17.5 Å². The number of anilines is 1. The third kappa shape index (κ3) is 2.28. The van der Waals surface area contributed by atoms with E-state index < -0.39 is 5.82 Å². The second kappa shape index (κ2) is 5.44. The summed E-state index contributed by atoms with van der Waals surface area (Å²) in [5, 5.41) is 13.4. The van der Waals surface area contributed by atoms with E-state index in [2.05, 4.69) is 20.8 Å². The van der Waals surface area contributed by atoms with Gasteiger partial charge in [-0.3, -0.25) is 0 Å². The smallest absolute Gasteiger partial charge is 0.190 e. The minimum absolute atomic E-state index is 0. The highest BCUT2D eigenvalue weighted by atomic mass is 35.5. The van der Waals surface area contributed by atoms with Crippen molar-refractivity contribution in [2.75, 3.05) is 19.5 Å². The Hall–Kier alpha value is -1.89. The summed E-state index contributed by atoms with van der Waals surface area (Å²) in [6, 6.07) is 3.19. The number of rotatable bonds is 3. The van der Waals surface area contributed by atoms with Crippen LogP contribution in [0.2, 0.25) is 0 Å². The van der Waals surface area contributed by atoms with E-state index in [9.17, 15) is 4.39 Å². The average molecular weight is 260 g/mol. The van der Waals surface area contributed by atoms with Crippen molar-refractivity contribution in [1.82, 2.24) is 20.2 Å². The van der Waals surface area contributed by atoms with Gasteiger partial charge in [-0.25, -0.2) is 4.39 Å². The minimum atomic E-state index is -0.474. The molecule has 6 nitrogen and oxygen atoms in total. The molecule has 0 aliphatic rings. The van der Waals surface area contributed by atoms with Crippen LogP contribution in [0.3, 0.4) is 0 Å². The molecule has 0 saturated heterocycles. The number of ether oxygens (including phenoxy) is 1. The Morgan fingerprint density at radius 3 is 2.71 bits per heavy atom. The summed E-state index contributed by atoms with van der Waals surface area (Å²) in [7, 11) is 3.03. The van der Waals surface area contributed by atoms with E-state index in [1.807, 2.05) is 0 Å². The maximum atomic E-state index is 13.9. The Morgan fingerprint density at radius 1 is 1.41 bits per heavy atom. The number of aromatic nitrogens is 4. The standard InChI is InChI=1S/C9H10FN5O.ClH/c1-11-9-6(15-5-12-13-14-15)3-4-7(16-2)8(9)10;/h3-5,11H,1-2H3;1H. The van der Waals surface area contributed by atoms with Gasteiger partial charge in [0.05, 0.1) is 12.8 Å². The molecule has 0 saturated carbocycles. The number of tetrazole rings is 1. The SMILES string of the molecule is CNc1c(-n2cnnn2)ccc(OC)c1F.Cl. The number of nitrogens with one attached hydrogen (secondary N) is 1. The first-order valence-corrected chi connectivity index (χ1v) is 4.55. The molecule has 1 aromatic carbocycles. The van der Waals surface area contributed by atoms with Crippen molar-refractivity contribution in [3.8, 4) is 11.4 Å². The molecular formula is C9H11ClFN5O. The molecule has 92 valence electrons. The van der Waals surface area contributed by atoms with E-state index >= 15 is 0 Å². The van der Waals surface area contributed by atoms with Gasteiger partial charge in [0.25, 0.3) is 0 Å². The molecule has 0 spiro atoms. The van der Waals surface area contributed by atoms with Crippen LogP contribution >= 0.6 is 12.4 Å².